The van der Waals surface area contributed by atoms with E-state index in [2.05, 4.69) is 4.67 Å². The molecule has 0 saturated carbocycles. The van der Waals surface area contributed by atoms with Gasteiger partial charge in [-0.05, 0) is 23.6 Å². The van der Waals surface area contributed by atoms with Crippen molar-refractivity contribution >= 4 is 23.3 Å². The first-order valence-electron chi connectivity index (χ1n) is 12.1. The Hall–Kier alpha value is -3.60. The Kier molecular flexibility index (Phi) is 7.96. The summed E-state index contributed by atoms with van der Waals surface area (Å²) in [6.07, 6.45) is -4.62. The van der Waals surface area contributed by atoms with Crippen LogP contribution in [0.3, 0.4) is 0 Å². The van der Waals surface area contributed by atoms with Crippen molar-refractivity contribution < 1.29 is 36.9 Å². The lowest BCUT2D eigenvalue weighted by Crippen LogP contribution is -2.56. The molecule has 0 unspecified atom stereocenters. The van der Waals surface area contributed by atoms with E-state index < -0.39 is 24.4 Å². The van der Waals surface area contributed by atoms with Crippen LogP contribution in [0.5, 0.6) is 11.5 Å². The molecule has 2 aliphatic heterocycles. The van der Waals surface area contributed by atoms with E-state index in [0.29, 0.717) is 44.2 Å². The fourth-order valence-electron chi connectivity index (χ4n) is 4.29. The third-order valence-electron chi connectivity index (χ3n) is 6.29. The predicted octanol–water partition coefficient (Wildman–Crippen LogP) is 2.91. The third-order valence-corrected chi connectivity index (χ3v) is 6.29. The minimum atomic E-state index is -4.62. The number of nitrogens with one attached hydrogen (secondary N) is 1. The highest BCUT2D eigenvalue weighted by Gasteiger charge is 2.45. The Balaban J connectivity index is 1.71. The van der Waals surface area contributed by atoms with Crippen molar-refractivity contribution in [3.05, 3.63) is 52.8 Å². The van der Waals surface area contributed by atoms with Gasteiger partial charge in [-0.25, -0.2) is 9.06 Å². The molecule has 0 bridgehead atoms. The number of benzene rings is 2. The monoisotopic (exact) mass is 537 g/mol. The number of amidine groups is 2. The zero-order chi connectivity index (χ0) is 27.6. The van der Waals surface area contributed by atoms with E-state index in [1.54, 1.807) is 23.5 Å². The summed E-state index contributed by atoms with van der Waals surface area (Å²) in [6, 6.07) is 7.37. The first-order chi connectivity index (χ1) is 18.0. The molecule has 2 aromatic rings. The van der Waals surface area contributed by atoms with Crippen LogP contribution in [-0.2, 0) is 16.1 Å². The van der Waals surface area contributed by atoms with E-state index in [0.717, 1.165) is 5.56 Å². The second kappa shape index (κ2) is 11.0. The number of rotatable bonds is 8. The summed E-state index contributed by atoms with van der Waals surface area (Å²) >= 11 is 0. The maximum atomic E-state index is 15.2. The molecular weight excluding hydrogens is 508 g/mol. The lowest BCUT2D eigenvalue weighted by Gasteiger charge is -2.27. The molecule has 38 heavy (non-hydrogen) atoms. The van der Waals surface area contributed by atoms with Gasteiger partial charge in [0.15, 0.2) is 0 Å². The van der Waals surface area contributed by atoms with Crippen LogP contribution in [0.25, 0.3) is 0 Å². The number of halogens is 4. The van der Waals surface area contributed by atoms with Crippen molar-refractivity contribution in [2.24, 2.45) is 0 Å². The summed E-state index contributed by atoms with van der Waals surface area (Å²) < 4.78 is 68.2. The van der Waals surface area contributed by atoms with Crippen LogP contribution in [0.4, 0.5) is 23.2 Å². The molecule has 8 nitrogen and oxygen atoms in total. The number of phenolic OH excluding ortho intramolecular Hbond substituents is 1. The van der Waals surface area contributed by atoms with E-state index in [1.165, 1.54) is 24.1 Å². The average Bonchev–Trinajstić information content (AvgIpc) is 2.84. The molecule has 4 rings (SSSR count). The number of ether oxygens (including phenoxy) is 2. The summed E-state index contributed by atoms with van der Waals surface area (Å²) in [5.74, 6) is -1.67. The molecule has 2 aliphatic rings. The van der Waals surface area contributed by atoms with Crippen LogP contribution in [-0.4, -0.2) is 73.7 Å². The lowest BCUT2D eigenvalue weighted by molar-refractivity contribution is -0.134. The molecule has 0 atom stereocenters. The molecule has 1 fully saturated rings. The van der Waals surface area contributed by atoms with Crippen LogP contribution in [0.1, 0.15) is 36.5 Å². The molecule has 12 heteroatoms. The third kappa shape index (κ3) is 5.93. The molecule has 0 radical (unpaired) electrons. The maximum Gasteiger partial charge on any atom is 0.405 e. The number of phenols is 1. The number of carbonyl (C=O) groups is 1. The van der Waals surface area contributed by atoms with Gasteiger partial charge in [0.05, 0.1) is 20.3 Å². The Morgan fingerprint density at radius 2 is 1.92 bits per heavy atom. The summed E-state index contributed by atoms with van der Waals surface area (Å²) in [5, 5.41) is 12.5. The summed E-state index contributed by atoms with van der Waals surface area (Å²) in [7, 11) is 1.46. The van der Waals surface area contributed by atoms with Gasteiger partial charge in [0, 0.05) is 37.3 Å². The number of morpholine rings is 1. The van der Waals surface area contributed by atoms with Crippen LogP contribution in [0.2, 0.25) is 0 Å². The van der Waals surface area contributed by atoms with Crippen molar-refractivity contribution in [2.45, 2.75) is 32.5 Å². The molecule has 204 valence electrons. The van der Waals surface area contributed by atoms with Crippen LogP contribution in [0.15, 0.2) is 30.3 Å². The van der Waals surface area contributed by atoms with Gasteiger partial charge in [-0.1, -0.05) is 19.9 Å². The molecule has 2 aromatic carbocycles. The zero-order valence-corrected chi connectivity index (χ0v) is 21.2. The van der Waals surface area contributed by atoms with Gasteiger partial charge in [-0.2, -0.15) is 18.1 Å². The van der Waals surface area contributed by atoms with Gasteiger partial charge in [0.1, 0.15) is 35.1 Å². The molecule has 2 N–H and O–H groups in total. The van der Waals surface area contributed by atoms with Crippen molar-refractivity contribution in [3.8, 4) is 11.5 Å². The fraction of sp³-hybridized carbons (Fsp3) is 0.423. The standard InChI is InChI=1S/C26H28F4N4O4/c1-15(2)18-11-19(21(35)12-22(18)37-3)23-32-24(25(36)31-14-26(28,29)30)34(23)17-5-4-16(20(27)10-17)13-33-6-8-38-9-7-33/h4-5,10-12,15H,6-9,13-14H2,1-3H3,(H,31,36)/p+1. The number of carbonyl (C=O) groups excluding carboxylic acids is 1. The summed E-state index contributed by atoms with van der Waals surface area (Å²) in [5.41, 5.74) is 1.56. The largest absolute Gasteiger partial charge is 0.507 e. The van der Waals surface area contributed by atoms with Crippen molar-refractivity contribution in [1.29, 1.82) is 0 Å². The van der Waals surface area contributed by atoms with Crippen molar-refractivity contribution in [1.82, 2.24) is 14.9 Å². The Morgan fingerprint density at radius 3 is 2.53 bits per heavy atom. The van der Waals surface area contributed by atoms with Gasteiger partial charge in [-0.15, -0.1) is 0 Å². The van der Waals surface area contributed by atoms with Gasteiger partial charge in [0.25, 0.3) is 0 Å². The van der Waals surface area contributed by atoms with Gasteiger partial charge in [-0.3, -0.25) is 9.69 Å². The smallest absolute Gasteiger partial charge is 0.405 e. The van der Waals surface area contributed by atoms with E-state index >= 15 is 4.39 Å². The number of aromatic hydroxyl groups is 1. The van der Waals surface area contributed by atoms with Crippen molar-refractivity contribution in [2.75, 3.05) is 44.9 Å². The second-order valence-corrected chi connectivity index (χ2v) is 9.32. The first-order valence-corrected chi connectivity index (χ1v) is 12.1. The Labute approximate surface area is 217 Å². The SMILES string of the molecule is COc1cc(O)c(C2=[N+]=C(C(=O)NCC(F)(F)F)N2c2ccc(CN3CCOCC3)c(F)c2)cc1C(C)C. The van der Waals surface area contributed by atoms with E-state index in [1.807, 2.05) is 18.7 Å². The number of hydrogen-bond donors (Lipinski definition) is 2. The number of alkyl halides is 3. The molecule has 1 saturated heterocycles. The van der Waals surface area contributed by atoms with Crippen LogP contribution >= 0.6 is 0 Å². The fourth-order valence-corrected chi connectivity index (χ4v) is 4.29. The molecule has 0 aliphatic carbocycles. The first kappa shape index (κ1) is 27.4. The van der Waals surface area contributed by atoms with Gasteiger partial charge >= 0.3 is 23.8 Å². The highest BCUT2D eigenvalue weighted by molar-refractivity contribution is 6.53. The molecule has 0 aromatic heterocycles. The van der Waals surface area contributed by atoms with Crippen LogP contribution in [0, 0.1) is 5.82 Å². The predicted molar refractivity (Wildman–Crippen MR) is 134 cm³/mol. The number of amides is 1. The Bertz CT molecular complexity index is 1280. The van der Waals surface area contributed by atoms with Crippen LogP contribution < -0.4 is 19.6 Å². The number of methoxy groups -OCH3 is 1. The number of anilines is 1. The van der Waals surface area contributed by atoms with E-state index in [9.17, 15) is 23.1 Å². The zero-order valence-electron chi connectivity index (χ0n) is 21.2. The topological polar surface area (TPSA) is 88.4 Å². The second-order valence-electron chi connectivity index (χ2n) is 9.32. The van der Waals surface area contributed by atoms with E-state index in [4.69, 9.17) is 9.47 Å². The van der Waals surface area contributed by atoms with Gasteiger partial charge in [0.2, 0.25) is 0 Å². The molecular formula is C26H29F4N4O4+. The molecule has 0 spiro atoms. The molecule has 2 heterocycles. The molecule has 1 amide bonds. The maximum absolute atomic E-state index is 15.2. The minimum absolute atomic E-state index is 0.00567. The highest BCUT2D eigenvalue weighted by atomic mass is 19.4. The quantitative estimate of drug-likeness (QED) is 0.398. The Morgan fingerprint density at radius 1 is 1.21 bits per heavy atom. The normalized spacial score (nSPS) is 16.2. The van der Waals surface area contributed by atoms with E-state index in [-0.39, 0.29) is 34.6 Å². The lowest BCUT2D eigenvalue weighted by atomic mass is 9.97. The average molecular weight is 538 g/mol. The highest BCUT2D eigenvalue weighted by Crippen LogP contribution is 2.35. The van der Waals surface area contributed by atoms with Crippen molar-refractivity contribution in [3.63, 3.8) is 0 Å². The number of nitrogens with zero attached hydrogens (tertiary/aromatic N) is 3. The number of hydrogen-bond acceptors (Lipinski definition) is 6. The summed E-state index contributed by atoms with van der Waals surface area (Å²) in [4.78, 5) is 15.9. The summed E-state index contributed by atoms with van der Waals surface area (Å²) in [6.45, 7) is 5.09. The minimum Gasteiger partial charge on any atom is -0.507 e. The van der Waals surface area contributed by atoms with Gasteiger partial charge < -0.3 is 19.9 Å².